The molecule has 0 atom stereocenters. The number of rotatable bonds is 1. The Morgan fingerprint density at radius 2 is 1.71 bits per heavy atom. The van der Waals surface area contributed by atoms with Gasteiger partial charge in [0.1, 0.15) is 7.05 Å². The van der Waals surface area contributed by atoms with E-state index in [1.165, 1.54) is 6.07 Å². The largest absolute Gasteiger partial charge is 1.00 e. The molecule has 0 saturated carbocycles. The Bertz CT molecular complexity index is 721. The molecule has 118 valence electrons. The van der Waals surface area contributed by atoms with Crippen LogP contribution in [-0.2, 0) is 15.3 Å². The van der Waals surface area contributed by atoms with Crippen LogP contribution in [0.2, 0.25) is 0 Å². The average Bonchev–Trinajstić information content (AvgIpc) is 2.50. The summed E-state index contributed by atoms with van der Waals surface area (Å²) in [4.78, 5) is -0.708. The summed E-state index contributed by atoms with van der Waals surface area (Å²) < 4.78 is 62.7. The van der Waals surface area contributed by atoms with Gasteiger partial charge in [0.05, 0.1) is 10.3 Å². The van der Waals surface area contributed by atoms with Crippen LogP contribution in [0.1, 0.15) is 26.3 Å². The molecule has 3 nitrogen and oxygen atoms in total. The molecule has 0 bridgehead atoms. The number of sulfone groups is 1. The van der Waals surface area contributed by atoms with E-state index in [0.29, 0.717) is 5.56 Å². The zero-order valence-corrected chi connectivity index (χ0v) is 13.5. The van der Waals surface area contributed by atoms with Crippen LogP contribution in [-0.4, -0.2) is 31.3 Å². The third-order valence-corrected chi connectivity index (χ3v) is 5.51. The second-order valence-electron chi connectivity index (χ2n) is 5.40. The van der Waals surface area contributed by atoms with E-state index in [1.807, 2.05) is 25.3 Å². The third kappa shape index (κ3) is 2.46. The first-order valence-electron chi connectivity index (χ1n) is 5.94. The number of fused-ring (bicyclic) bond motifs is 1. The molecule has 21 heavy (non-hydrogen) atoms. The van der Waals surface area contributed by atoms with E-state index in [4.69, 9.17) is 0 Å². The topological polar surface area (TPSA) is 37.1 Å². The van der Waals surface area contributed by atoms with E-state index >= 15 is 0 Å². The molecule has 0 spiro atoms. The van der Waals surface area contributed by atoms with Gasteiger partial charge in [0.2, 0.25) is 5.69 Å². The average molecular weight is 342 g/mol. The Labute approximate surface area is 127 Å². The fourth-order valence-corrected chi connectivity index (χ4v) is 3.19. The van der Waals surface area contributed by atoms with E-state index in [9.17, 15) is 21.6 Å². The zero-order chi connectivity index (χ0) is 15.5. The minimum Gasteiger partial charge on any atom is -1.00 e. The van der Waals surface area contributed by atoms with E-state index in [1.54, 1.807) is 7.05 Å². The Balaban J connectivity index is 0.00000220. The fraction of sp³-hybridized carbons (Fsp3) is 0.462. The van der Waals surface area contributed by atoms with Gasteiger partial charge in [-0.25, -0.2) is 13.0 Å². The predicted molar refractivity (Wildman–Crippen MR) is 69.2 cm³/mol. The molecule has 1 heterocycles. The number of hydrogen-bond donors (Lipinski definition) is 0. The summed E-state index contributed by atoms with van der Waals surface area (Å²) in [5.74, 6) is 0. The predicted octanol–water partition coefficient (Wildman–Crippen LogP) is 0.0100. The first-order chi connectivity index (χ1) is 8.90. The van der Waals surface area contributed by atoms with Gasteiger partial charge in [-0.2, -0.15) is 13.2 Å². The van der Waals surface area contributed by atoms with Gasteiger partial charge in [0.15, 0.2) is 5.71 Å². The lowest BCUT2D eigenvalue weighted by Gasteiger charge is -2.16. The maximum Gasteiger partial charge on any atom is 0.501 e. The van der Waals surface area contributed by atoms with Gasteiger partial charge in [-0.05, 0) is 26.0 Å². The van der Waals surface area contributed by atoms with Crippen molar-refractivity contribution in [3.05, 3.63) is 23.8 Å². The Morgan fingerprint density at radius 1 is 1.19 bits per heavy atom. The smallest absolute Gasteiger partial charge is 0.501 e. The molecular weight excluding hydrogens is 327 g/mol. The number of alkyl halides is 3. The molecule has 0 aliphatic carbocycles. The lowest BCUT2D eigenvalue weighted by molar-refractivity contribution is -0.403. The highest BCUT2D eigenvalue weighted by Crippen LogP contribution is 2.41. The highest BCUT2D eigenvalue weighted by molar-refractivity contribution is 7.92. The summed E-state index contributed by atoms with van der Waals surface area (Å²) in [5.41, 5.74) is -3.51. The van der Waals surface area contributed by atoms with Gasteiger partial charge < -0.3 is 12.4 Å². The first-order valence-corrected chi connectivity index (χ1v) is 7.42. The van der Waals surface area contributed by atoms with Crippen LogP contribution in [0.15, 0.2) is 23.1 Å². The number of benzene rings is 1. The normalized spacial score (nSPS) is 17.5. The second kappa shape index (κ2) is 4.98. The Kier molecular flexibility index (Phi) is 4.26. The van der Waals surface area contributed by atoms with Crippen LogP contribution in [0.5, 0.6) is 0 Å². The molecule has 1 aliphatic rings. The lowest BCUT2D eigenvalue weighted by atomic mass is 9.82. The number of hydrogen-bond acceptors (Lipinski definition) is 2. The van der Waals surface area contributed by atoms with Gasteiger partial charge in [-0.15, -0.1) is 0 Å². The molecule has 0 N–H and O–H groups in total. The highest BCUT2D eigenvalue weighted by Gasteiger charge is 2.49. The zero-order valence-electron chi connectivity index (χ0n) is 11.9. The molecule has 8 heteroatoms. The highest BCUT2D eigenvalue weighted by atomic mass is 35.5. The number of halogens is 4. The minimum absolute atomic E-state index is 0. The summed E-state index contributed by atoms with van der Waals surface area (Å²) in [7, 11) is -3.50. The van der Waals surface area contributed by atoms with Crippen molar-refractivity contribution in [2.24, 2.45) is 0 Å². The molecule has 0 aromatic heterocycles. The van der Waals surface area contributed by atoms with Crippen molar-refractivity contribution in [1.82, 2.24) is 0 Å². The summed E-state index contributed by atoms with van der Waals surface area (Å²) in [6.07, 6.45) is 0. The van der Waals surface area contributed by atoms with Crippen molar-refractivity contribution in [2.45, 2.75) is 36.6 Å². The van der Waals surface area contributed by atoms with Gasteiger partial charge in [0, 0.05) is 18.6 Å². The second-order valence-corrected chi connectivity index (χ2v) is 7.34. The molecule has 0 unspecified atom stereocenters. The molecule has 0 radical (unpaired) electrons. The molecule has 1 aromatic rings. The van der Waals surface area contributed by atoms with Crippen LogP contribution in [0.3, 0.4) is 0 Å². The molecular formula is C13H15ClF3NO2S. The van der Waals surface area contributed by atoms with Gasteiger partial charge in [-0.1, -0.05) is 0 Å². The molecule has 0 amide bonds. The van der Waals surface area contributed by atoms with Crippen molar-refractivity contribution in [3.63, 3.8) is 0 Å². The van der Waals surface area contributed by atoms with Crippen molar-refractivity contribution in [2.75, 3.05) is 7.05 Å². The molecule has 0 saturated heterocycles. The van der Waals surface area contributed by atoms with Crippen LogP contribution < -0.4 is 12.4 Å². The van der Waals surface area contributed by atoms with Crippen molar-refractivity contribution < 1.29 is 38.6 Å². The first kappa shape index (κ1) is 18.0. The maximum atomic E-state index is 12.6. The summed E-state index contributed by atoms with van der Waals surface area (Å²) in [6, 6.07) is 3.56. The fourth-order valence-electron chi connectivity index (χ4n) is 2.40. The number of nitrogens with zero attached hydrogens (tertiary/aromatic N) is 1. The van der Waals surface area contributed by atoms with E-state index in [-0.39, 0.29) is 12.4 Å². The maximum absolute atomic E-state index is 12.6. The van der Waals surface area contributed by atoms with Crippen LogP contribution >= 0.6 is 0 Å². The molecule has 2 rings (SSSR count). The van der Waals surface area contributed by atoms with Gasteiger partial charge in [0.25, 0.3) is 9.84 Å². The van der Waals surface area contributed by atoms with Crippen molar-refractivity contribution >= 4 is 21.2 Å². The standard InChI is InChI=1S/C13H15F3NO2S.ClH/c1-8-12(2,3)10-7-9(5-6-11(10)17(8)4)20(18,19)13(14,15)16;/h5-7H,1-4H3;1H/q+1;/p-1. The quantitative estimate of drug-likeness (QED) is 0.675. The van der Waals surface area contributed by atoms with E-state index in [0.717, 1.165) is 23.5 Å². The third-order valence-electron chi connectivity index (χ3n) is 4.03. The van der Waals surface area contributed by atoms with E-state index in [2.05, 4.69) is 0 Å². The summed E-state index contributed by atoms with van der Waals surface area (Å²) in [5, 5.41) is 0. The van der Waals surface area contributed by atoms with Crippen LogP contribution in [0, 0.1) is 0 Å². The Hall–Kier alpha value is -1.08. The summed E-state index contributed by atoms with van der Waals surface area (Å²) in [6.45, 7) is 5.58. The lowest BCUT2D eigenvalue weighted by Crippen LogP contribution is -3.00. The van der Waals surface area contributed by atoms with Gasteiger partial charge in [-0.3, -0.25) is 0 Å². The summed E-state index contributed by atoms with van der Waals surface area (Å²) >= 11 is 0. The van der Waals surface area contributed by atoms with Crippen molar-refractivity contribution in [3.8, 4) is 0 Å². The van der Waals surface area contributed by atoms with Crippen molar-refractivity contribution in [1.29, 1.82) is 0 Å². The minimum atomic E-state index is -5.31. The molecule has 1 aromatic carbocycles. The van der Waals surface area contributed by atoms with Crippen LogP contribution in [0.25, 0.3) is 0 Å². The van der Waals surface area contributed by atoms with Crippen LogP contribution in [0.4, 0.5) is 18.9 Å². The molecule has 0 fully saturated rings. The molecule has 1 aliphatic heterocycles. The Morgan fingerprint density at radius 3 is 2.19 bits per heavy atom. The monoisotopic (exact) mass is 341 g/mol. The van der Waals surface area contributed by atoms with E-state index < -0.39 is 25.7 Å². The van der Waals surface area contributed by atoms with Gasteiger partial charge >= 0.3 is 5.51 Å². The SMILES string of the molecule is CC1=[N+](C)c2ccc(S(=O)(=O)C(F)(F)F)cc2C1(C)C.[Cl-].